The predicted octanol–water partition coefficient (Wildman–Crippen LogP) is 3.07. The lowest BCUT2D eigenvalue weighted by molar-refractivity contribution is -0.383. The van der Waals surface area contributed by atoms with Gasteiger partial charge in [-0.05, 0) is 36.8 Å². The van der Waals surface area contributed by atoms with E-state index < -0.39 is 10.7 Å². The average molecular weight is 276 g/mol. The highest BCUT2D eigenvalue weighted by atomic mass is 19.1. The summed E-state index contributed by atoms with van der Waals surface area (Å²) in [6.45, 7) is 1.76. The molecule has 0 saturated carbocycles. The molecule has 0 spiro atoms. The number of rotatable bonds is 4. The molecule has 2 aromatic rings. The van der Waals surface area contributed by atoms with Crippen molar-refractivity contribution in [2.75, 3.05) is 10.7 Å². The number of nitrogens with one attached hydrogen (secondary N) is 2. The Bertz CT molecular complexity index is 661. The molecule has 0 atom stereocenters. The highest BCUT2D eigenvalue weighted by molar-refractivity contribution is 5.79. The SMILES string of the molecule is Cc1ccc(Nc2cccc(NN)c2[N+](=O)[O-])c(F)c1. The molecule has 0 unspecified atom stereocenters. The van der Waals surface area contributed by atoms with Crippen LogP contribution in [-0.2, 0) is 0 Å². The number of halogens is 1. The molecule has 4 N–H and O–H groups in total. The van der Waals surface area contributed by atoms with E-state index in [1.807, 2.05) is 0 Å². The van der Waals surface area contributed by atoms with Gasteiger partial charge in [0, 0.05) is 0 Å². The maximum Gasteiger partial charge on any atom is 0.316 e. The van der Waals surface area contributed by atoms with Gasteiger partial charge in [0.25, 0.3) is 0 Å². The second-order valence-corrected chi connectivity index (χ2v) is 4.21. The first-order valence-electron chi connectivity index (χ1n) is 5.80. The van der Waals surface area contributed by atoms with E-state index >= 15 is 0 Å². The maximum absolute atomic E-state index is 13.8. The maximum atomic E-state index is 13.8. The quantitative estimate of drug-likeness (QED) is 0.453. The summed E-state index contributed by atoms with van der Waals surface area (Å²) < 4.78 is 13.8. The molecule has 0 bridgehead atoms. The average Bonchev–Trinajstić information content (AvgIpc) is 2.41. The predicted molar refractivity (Wildman–Crippen MR) is 75.3 cm³/mol. The number of hydrogen-bond donors (Lipinski definition) is 3. The number of hydrogen-bond acceptors (Lipinski definition) is 5. The zero-order valence-electron chi connectivity index (χ0n) is 10.7. The lowest BCUT2D eigenvalue weighted by atomic mass is 10.2. The highest BCUT2D eigenvalue weighted by Gasteiger charge is 2.19. The standard InChI is InChI=1S/C13H13FN4O2/c1-8-5-6-10(9(14)7-8)16-11-3-2-4-12(17-15)13(11)18(19)20/h2-7,16-17H,15H2,1H3. The van der Waals surface area contributed by atoms with Crippen LogP contribution in [0.25, 0.3) is 0 Å². The summed E-state index contributed by atoms with van der Waals surface area (Å²) >= 11 is 0. The fourth-order valence-electron chi connectivity index (χ4n) is 1.82. The first kappa shape index (κ1) is 13.8. The molecule has 0 fully saturated rings. The van der Waals surface area contributed by atoms with Crippen LogP contribution in [0, 0.1) is 22.9 Å². The molecule has 0 aliphatic rings. The van der Waals surface area contributed by atoms with Crippen molar-refractivity contribution in [1.29, 1.82) is 0 Å². The van der Waals surface area contributed by atoms with Crippen LogP contribution in [0.3, 0.4) is 0 Å². The molecule has 20 heavy (non-hydrogen) atoms. The molecule has 0 radical (unpaired) electrons. The number of nitrogens with zero attached hydrogens (tertiary/aromatic N) is 1. The molecule has 0 aliphatic heterocycles. The van der Waals surface area contributed by atoms with Crippen LogP contribution in [0.4, 0.5) is 27.1 Å². The van der Waals surface area contributed by atoms with Crippen molar-refractivity contribution < 1.29 is 9.31 Å². The smallest absolute Gasteiger partial charge is 0.316 e. The summed E-state index contributed by atoms with van der Waals surface area (Å²) in [6, 6.07) is 9.11. The fourth-order valence-corrected chi connectivity index (χ4v) is 1.82. The van der Waals surface area contributed by atoms with Gasteiger partial charge in [-0.3, -0.25) is 16.0 Å². The molecule has 6 nitrogen and oxygen atoms in total. The third-order valence-electron chi connectivity index (χ3n) is 2.77. The lowest BCUT2D eigenvalue weighted by Gasteiger charge is -2.10. The van der Waals surface area contributed by atoms with Gasteiger partial charge in [0.2, 0.25) is 0 Å². The Labute approximate surface area is 114 Å². The number of nitrogens with two attached hydrogens (primary N) is 1. The third kappa shape index (κ3) is 2.67. The Morgan fingerprint density at radius 1 is 1.20 bits per heavy atom. The van der Waals surface area contributed by atoms with Crippen LogP contribution in [-0.4, -0.2) is 4.92 Å². The molecule has 0 heterocycles. The van der Waals surface area contributed by atoms with Gasteiger partial charge in [0.1, 0.15) is 17.2 Å². The highest BCUT2D eigenvalue weighted by Crippen LogP contribution is 2.34. The van der Waals surface area contributed by atoms with E-state index in [4.69, 9.17) is 5.84 Å². The second kappa shape index (κ2) is 5.54. The van der Waals surface area contributed by atoms with Crippen LogP contribution in [0.2, 0.25) is 0 Å². The van der Waals surface area contributed by atoms with Crippen molar-refractivity contribution >= 4 is 22.7 Å². The summed E-state index contributed by atoms with van der Waals surface area (Å²) in [4.78, 5) is 10.5. The van der Waals surface area contributed by atoms with E-state index in [0.717, 1.165) is 5.56 Å². The van der Waals surface area contributed by atoms with Gasteiger partial charge in [-0.2, -0.15) is 0 Å². The molecule has 104 valence electrons. The molecule has 0 saturated heterocycles. The van der Waals surface area contributed by atoms with Gasteiger partial charge in [0.15, 0.2) is 0 Å². The number of para-hydroxylation sites is 1. The van der Waals surface area contributed by atoms with Crippen LogP contribution >= 0.6 is 0 Å². The summed E-state index contributed by atoms with van der Waals surface area (Å²) in [5.41, 5.74) is 3.24. The van der Waals surface area contributed by atoms with Crippen molar-refractivity contribution in [3.63, 3.8) is 0 Å². The molecule has 7 heteroatoms. The number of nitro groups is 1. The van der Waals surface area contributed by atoms with Crippen LogP contribution in [0.5, 0.6) is 0 Å². The van der Waals surface area contributed by atoms with E-state index in [0.29, 0.717) is 0 Å². The van der Waals surface area contributed by atoms with Gasteiger partial charge in [-0.15, -0.1) is 0 Å². The lowest BCUT2D eigenvalue weighted by Crippen LogP contribution is -2.10. The van der Waals surface area contributed by atoms with Gasteiger partial charge in [0.05, 0.1) is 10.6 Å². The summed E-state index contributed by atoms with van der Waals surface area (Å²) in [6.07, 6.45) is 0. The number of benzene rings is 2. The van der Waals surface area contributed by atoms with Gasteiger partial charge in [-0.1, -0.05) is 12.1 Å². The molecule has 2 aromatic carbocycles. The normalized spacial score (nSPS) is 10.2. The van der Waals surface area contributed by atoms with E-state index in [-0.39, 0.29) is 22.7 Å². The number of anilines is 3. The largest absolute Gasteiger partial charge is 0.347 e. The number of nitro benzene ring substituents is 1. The zero-order valence-corrected chi connectivity index (χ0v) is 10.7. The van der Waals surface area contributed by atoms with Crippen LogP contribution in [0.1, 0.15) is 5.56 Å². The molecule has 0 aliphatic carbocycles. The van der Waals surface area contributed by atoms with Crippen molar-refractivity contribution in [2.24, 2.45) is 5.84 Å². The molecule has 0 aromatic heterocycles. The Hall–Kier alpha value is -2.67. The Balaban J connectivity index is 2.45. The minimum absolute atomic E-state index is 0.146. The van der Waals surface area contributed by atoms with Crippen molar-refractivity contribution in [3.8, 4) is 0 Å². The number of aryl methyl sites for hydroxylation is 1. The minimum Gasteiger partial charge on any atom is -0.347 e. The van der Waals surface area contributed by atoms with Crippen LogP contribution in [0.15, 0.2) is 36.4 Å². The summed E-state index contributed by atoms with van der Waals surface area (Å²) in [5.74, 6) is 4.76. The summed E-state index contributed by atoms with van der Waals surface area (Å²) in [5, 5.41) is 13.8. The van der Waals surface area contributed by atoms with E-state index in [1.54, 1.807) is 19.1 Å². The summed E-state index contributed by atoms with van der Waals surface area (Å²) in [7, 11) is 0. The van der Waals surface area contributed by atoms with Gasteiger partial charge < -0.3 is 10.7 Å². The number of hydrazine groups is 1. The van der Waals surface area contributed by atoms with E-state index in [1.165, 1.54) is 24.3 Å². The van der Waals surface area contributed by atoms with E-state index in [2.05, 4.69) is 10.7 Å². The third-order valence-corrected chi connectivity index (χ3v) is 2.77. The first-order chi connectivity index (χ1) is 9.52. The minimum atomic E-state index is -0.580. The second-order valence-electron chi connectivity index (χ2n) is 4.21. The first-order valence-corrected chi connectivity index (χ1v) is 5.80. The number of nitrogen functional groups attached to an aromatic ring is 1. The van der Waals surface area contributed by atoms with E-state index in [9.17, 15) is 14.5 Å². The molecule has 2 rings (SSSR count). The van der Waals surface area contributed by atoms with Gasteiger partial charge >= 0.3 is 5.69 Å². The van der Waals surface area contributed by atoms with Gasteiger partial charge in [-0.25, -0.2) is 4.39 Å². The van der Waals surface area contributed by atoms with Crippen molar-refractivity contribution in [2.45, 2.75) is 6.92 Å². The Morgan fingerprint density at radius 2 is 1.90 bits per heavy atom. The van der Waals surface area contributed by atoms with Crippen LogP contribution < -0.4 is 16.6 Å². The van der Waals surface area contributed by atoms with Crippen molar-refractivity contribution in [3.05, 3.63) is 57.9 Å². The van der Waals surface area contributed by atoms with Crippen molar-refractivity contribution in [1.82, 2.24) is 0 Å². The topological polar surface area (TPSA) is 93.2 Å². The Kier molecular flexibility index (Phi) is 3.81. The Morgan fingerprint density at radius 3 is 2.50 bits per heavy atom. The zero-order chi connectivity index (χ0) is 14.7. The molecule has 0 amide bonds. The molecular formula is C13H13FN4O2. The monoisotopic (exact) mass is 276 g/mol. The fraction of sp³-hybridized carbons (Fsp3) is 0.0769. The molecular weight excluding hydrogens is 263 g/mol.